The Labute approximate surface area is 268 Å². The van der Waals surface area contributed by atoms with Crippen molar-refractivity contribution in [2.75, 3.05) is 4.90 Å². The van der Waals surface area contributed by atoms with Crippen LogP contribution >= 0.6 is 0 Å². The number of carbonyl (C=O) groups excluding carboxylic acids is 3. The number of nitro groups is 2. The highest BCUT2D eigenvalue weighted by Crippen LogP contribution is 2.35. The highest BCUT2D eigenvalue weighted by Gasteiger charge is 2.34. The second-order valence-corrected chi connectivity index (χ2v) is 11.7. The number of rotatable bonds is 10. The van der Waals surface area contributed by atoms with Crippen molar-refractivity contribution in [1.82, 2.24) is 5.32 Å². The molecule has 1 aliphatic rings. The number of amides is 3. The lowest BCUT2D eigenvalue weighted by atomic mass is 9.75. The number of hydrogen-bond donors (Lipinski definition) is 3. The van der Waals surface area contributed by atoms with Gasteiger partial charge in [0.25, 0.3) is 23.2 Å². The zero-order chi connectivity index (χ0) is 34.4. The summed E-state index contributed by atoms with van der Waals surface area (Å²) in [6.07, 6.45) is 1.79. The molecule has 4 rings (SSSR count). The Bertz CT molecular complexity index is 1600. The van der Waals surface area contributed by atoms with E-state index in [4.69, 9.17) is 9.78 Å². The fourth-order valence-electron chi connectivity index (χ4n) is 5.48. The minimum atomic E-state index is -1.22. The number of aromatic hydroxyl groups is 2. The van der Waals surface area contributed by atoms with E-state index in [0.717, 1.165) is 55.7 Å². The van der Waals surface area contributed by atoms with Crippen LogP contribution in [0.2, 0.25) is 0 Å². The number of phenols is 2. The Kier molecular flexibility index (Phi) is 10.7. The number of nitrogens with zero attached hydrogens (tertiary/aromatic N) is 3. The molecule has 1 saturated carbocycles. The van der Waals surface area contributed by atoms with Crippen LogP contribution in [0.15, 0.2) is 60.7 Å². The molecule has 0 bridgehead atoms. The Hall–Kier alpha value is -5.57. The normalized spacial score (nSPS) is 17.5. The Morgan fingerprint density at radius 1 is 0.894 bits per heavy atom. The van der Waals surface area contributed by atoms with E-state index in [9.17, 15) is 44.8 Å². The van der Waals surface area contributed by atoms with Gasteiger partial charge in [-0.05, 0) is 60.4 Å². The maximum atomic E-state index is 13.7. The molecule has 3 aromatic rings. The molecule has 15 heteroatoms. The number of nitro benzene ring substituents is 2. The lowest BCUT2D eigenvalue weighted by molar-refractivity contribution is -0.385. The van der Waals surface area contributed by atoms with Crippen LogP contribution in [0.25, 0.3) is 0 Å². The standard InChI is InChI=1S/C32H34N4O11/c1-18(2)24-11-4-19(3)14-29(24)46-47-32(41)33-17-20-5-7-21(8-6-20)34(30(39)25-15-22(35(42)43)9-12-27(25)37)31(40)26-16-23(36(44)45)10-13-28(26)38/h5-10,12-13,15-16,18-19,24,29,37-38H,4,11,14,17H2,1-3H3,(H,33,41). The van der Waals surface area contributed by atoms with Crippen LogP contribution in [0.3, 0.4) is 0 Å². The van der Waals surface area contributed by atoms with E-state index in [-0.39, 0.29) is 24.3 Å². The van der Waals surface area contributed by atoms with Crippen LogP contribution in [-0.2, 0) is 16.3 Å². The molecule has 3 N–H and O–H groups in total. The molecular formula is C32H34N4O11. The Morgan fingerprint density at radius 3 is 1.91 bits per heavy atom. The molecule has 47 heavy (non-hydrogen) atoms. The first-order chi connectivity index (χ1) is 22.3. The monoisotopic (exact) mass is 650 g/mol. The van der Waals surface area contributed by atoms with E-state index in [2.05, 4.69) is 26.1 Å². The third-order valence-electron chi connectivity index (χ3n) is 8.09. The summed E-state index contributed by atoms with van der Waals surface area (Å²) in [5, 5.41) is 46.0. The minimum Gasteiger partial charge on any atom is -0.507 e. The van der Waals surface area contributed by atoms with Gasteiger partial charge in [0.05, 0.1) is 26.7 Å². The predicted octanol–water partition coefficient (Wildman–Crippen LogP) is 6.02. The molecule has 1 aliphatic carbocycles. The van der Waals surface area contributed by atoms with Gasteiger partial charge in [-0.15, -0.1) is 0 Å². The molecule has 1 fully saturated rings. The number of benzene rings is 3. The van der Waals surface area contributed by atoms with Gasteiger partial charge in [0.2, 0.25) is 0 Å². The molecular weight excluding hydrogens is 616 g/mol. The fraction of sp³-hybridized carbons (Fsp3) is 0.344. The topological polar surface area (TPSA) is 212 Å². The smallest absolute Gasteiger partial charge is 0.438 e. The van der Waals surface area contributed by atoms with Crippen LogP contribution in [0.4, 0.5) is 21.9 Å². The number of phenolic OH excluding ortho intramolecular Hbond substituents is 2. The fourth-order valence-corrected chi connectivity index (χ4v) is 5.48. The van der Waals surface area contributed by atoms with Crippen molar-refractivity contribution in [2.24, 2.45) is 17.8 Å². The number of non-ortho nitro benzene ring substituents is 2. The van der Waals surface area contributed by atoms with Gasteiger partial charge in [-0.3, -0.25) is 34.7 Å². The zero-order valence-corrected chi connectivity index (χ0v) is 25.8. The van der Waals surface area contributed by atoms with Gasteiger partial charge in [0.15, 0.2) is 0 Å². The average molecular weight is 651 g/mol. The number of nitrogens with one attached hydrogen (secondary N) is 1. The quantitative estimate of drug-likeness (QED) is 0.0999. The van der Waals surface area contributed by atoms with E-state index in [1.807, 2.05) is 0 Å². The van der Waals surface area contributed by atoms with Gasteiger partial charge < -0.3 is 15.5 Å². The number of imide groups is 1. The van der Waals surface area contributed by atoms with Gasteiger partial charge in [-0.1, -0.05) is 39.3 Å². The third kappa shape index (κ3) is 8.18. The summed E-state index contributed by atoms with van der Waals surface area (Å²) in [4.78, 5) is 71.9. The summed E-state index contributed by atoms with van der Waals surface area (Å²) in [7, 11) is 0. The Balaban J connectivity index is 1.55. The summed E-state index contributed by atoms with van der Waals surface area (Å²) in [6.45, 7) is 6.29. The molecule has 3 amide bonds. The summed E-state index contributed by atoms with van der Waals surface area (Å²) in [5.74, 6) is -2.72. The van der Waals surface area contributed by atoms with Crippen molar-refractivity contribution in [2.45, 2.75) is 52.7 Å². The molecule has 3 unspecified atom stereocenters. The average Bonchev–Trinajstić information content (AvgIpc) is 3.03. The van der Waals surface area contributed by atoms with E-state index in [1.165, 1.54) is 24.3 Å². The van der Waals surface area contributed by atoms with Crippen LogP contribution < -0.4 is 10.2 Å². The first-order valence-corrected chi connectivity index (χ1v) is 14.8. The van der Waals surface area contributed by atoms with Gasteiger partial charge in [-0.2, -0.15) is 4.89 Å². The second-order valence-electron chi connectivity index (χ2n) is 11.7. The molecule has 0 aromatic heterocycles. The number of anilines is 1. The van der Waals surface area contributed by atoms with E-state index >= 15 is 0 Å². The van der Waals surface area contributed by atoms with Crippen LogP contribution in [0.1, 0.15) is 66.3 Å². The summed E-state index contributed by atoms with van der Waals surface area (Å²) < 4.78 is 0. The molecule has 0 saturated heterocycles. The lowest BCUT2D eigenvalue weighted by Crippen LogP contribution is -2.37. The van der Waals surface area contributed by atoms with Crippen molar-refractivity contribution in [1.29, 1.82) is 0 Å². The minimum absolute atomic E-state index is 0.0314. The maximum Gasteiger partial charge on any atom is 0.438 e. The van der Waals surface area contributed by atoms with E-state index in [0.29, 0.717) is 22.3 Å². The van der Waals surface area contributed by atoms with Crippen molar-refractivity contribution < 1.29 is 44.2 Å². The SMILES string of the molecule is CC1CCC(C(C)C)C(OOC(=O)NCc2ccc(N(C(=O)c3cc([N+](=O)[O-])ccc3O)C(=O)c3cc([N+](=O)[O-])ccc3O)cc2)C1. The number of carbonyl (C=O) groups is 3. The molecule has 15 nitrogen and oxygen atoms in total. The first-order valence-electron chi connectivity index (χ1n) is 14.8. The van der Waals surface area contributed by atoms with Crippen LogP contribution in [-0.4, -0.2) is 44.1 Å². The molecule has 248 valence electrons. The summed E-state index contributed by atoms with van der Waals surface area (Å²) >= 11 is 0. The Morgan fingerprint density at radius 2 is 1.43 bits per heavy atom. The zero-order valence-electron chi connectivity index (χ0n) is 25.8. The highest BCUT2D eigenvalue weighted by molar-refractivity contribution is 6.27. The van der Waals surface area contributed by atoms with Crippen molar-refractivity contribution >= 4 is 35.0 Å². The predicted molar refractivity (Wildman–Crippen MR) is 167 cm³/mol. The molecule has 0 radical (unpaired) electrons. The van der Waals surface area contributed by atoms with Gasteiger partial charge in [0.1, 0.15) is 17.6 Å². The summed E-state index contributed by atoms with van der Waals surface area (Å²) in [6, 6.07) is 10.8. The second kappa shape index (κ2) is 14.7. The van der Waals surface area contributed by atoms with Crippen LogP contribution in [0.5, 0.6) is 11.5 Å². The maximum absolute atomic E-state index is 13.7. The van der Waals surface area contributed by atoms with Gasteiger partial charge >= 0.3 is 6.09 Å². The highest BCUT2D eigenvalue weighted by atomic mass is 17.2. The van der Waals surface area contributed by atoms with Gasteiger partial charge in [-0.25, -0.2) is 9.69 Å². The van der Waals surface area contributed by atoms with E-state index < -0.39 is 61.8 Å². The first kappa shape index (κ1) is 34.3. The summed E-state index contributed by atoms with van der Waals surface area (Å²) in [5.41, 5.74) is -1.93. The molecule has 0 heterocycles. The van der Waals surface area contributed by atoms with Crippen LogP contribution in [0, 0.1) is 38.0 Å². The largest absolute Gasteiger partial charge is 0.507 e. The van der Waals surface area contributed by atoms with E-state index in [1.54, 1.807) is 0 Å². The molecule has 0 aliphatic heterocycles. The number of hydrogen-bond acceptors (Lipinski definition) is 11. The van der Waals surface area contributed by atoms with Gasteiger partial charge in [0, 0.05) is 30.8 Å². The molecule has 0 spiro atoms. The molecule has 3 atom stereocenters. The third-order valence-corrected chi connectivity index (χ3v) is 8.09. The lowest BCUT2D eigenvalue weighted by Gasteiger charge is -2.35. The van der Waals surface area contributed by atoms with Crippen molar-refractivity contribution in [3.05, 3.63) is 97.6 Å². The van der Waals surface area contributed by atoms with Crippen molar-refractivity contribution in [3.8, 4) is 11.5 Å². The molecule has 3 aromatic carbocycles. The van der Waals surface area contributed by atoms with Crippen molar-refractivity contribution in [3.63, 3.8) is 0 Å².